The summed E-state index contributed by atoms with van der Waals surface area (Å²) in [5.74, 6) is 1.00. The first kappa shape index (κ1) is 14.3. The Hall–Kier alpha value is -1.11. The van der Waals surface area contributed by atoms with E-state index in [1.807, 2.05) is 6.92 Å². The van der Waals surface area contributed by atoms with Crippen molar-refractivity contribution < 1.29 is 13.2 Å². The second kappa shape index (κ2) is 5.90. The number of hydrogen-bond acceptors (Lipinski definition) is 4. The first-order valence-electron chi connectivity index (χ1n) is 6.40. The van der Waals surface area contributed by atoms with Gasteiger partial charge in [0, 0.05) is 6.04 Å². The molecule has 0 aliphatic carbocycles. The van der Waals surface area contributed by atoms with Crippen molar-refractivity contribution in [3.63, 3.8) is 0 Å². The molecule has 2 unspecified atom stereocenters. The number of rotatable bonds is 5. The fourth-order valence-electron chi connectivity index (χ4n) is 2.27. The smallest absolute Gasteiger partial charge is 0.240 e. The molecule has 2 atom stereocenters. The third-order valence-electron chi connectivity index (χ3n) is 3.52. The highest BCUT2D eigenvalue weighted by atomic mass is 32.2. The zero-order chi connectivity index (χ0) is 13.9. The molecule has 2 N–H and O–H groups in total. The maximum atomic E-state index is 12.2. The summed E-state index contributed by atoms with van der Waals surface area (Å²) < 4.78 is 32.2. The van der Waals surface area contributed by atoms with Gasteiger partial charge in [-0.2, -0.15) is 0 Å². The Kier molecular flexibility index (Phi) is 4.44. The second-order valence-electron chi connectivity index (χ2n) is 4.84. The van der Waals surface area contributed by atoms with Crippen molar-refractivity contribution in [3.05, 3.63) is 24.3 Å². The molecule has 1 heterocycles. The first-order chi connectivity index (χ1) is 9.03. The summed E-state index contributed by atoms with van der Waals surface area (Å²) in [4.78, 5) is 0.270. The van der Waals surface area contributed by atoms with Crippen LogP contribution in [0.5, 0.6) is 5.75 Å². The number of sulfonamides is 1. The molecule has 1 aliphatic rings. The van der Waals surface area contributed by atoms with Crippen LogP contribution in [0.3, 0.4) is 0 Å². The Labute approximate surface area is 114 Å². The summed E-state index contributed by atoms with van der Waals surface area (Å²) in [6.45, 7) is 3.74. The van der Waals surface area contributed by atoms with Crippen molar-refractivity contribution in [1.82, 2.24) is 10.0 Å². The van der Waals surface area contributed by atoms with Crippen LogP contribution in [0.1, 0.15) is 13.3 Å². The van der Waals surface area contributed by atoms with Crippen LogP contribution >= 0.6 is 0 Å². The van der Waals surface area contributed by atoms with Gasteiger partial charge in [0.1, 0.15) is 5.75 Å². The molecular formula is C13H20N2O3S. The summed E-state index contributed by atoms with van der Waals surface area (Å²) in [5, 5.41) is 3.24. The Bertz CT molecular complexity index is 507. The van der Waals surface area contributed by atoms with Gasteiger partial charge < -0.3 is 10.1 Å². The Morgan fingerprint density at radius 3 is 2.58 bits per heavy atom. The molecule has 1 aliphatic heterocycles. The summed E-state index contributed by atoms with van der Waals surface area (Å²) in [5.41, 5.74) is 0. The van der Waals surface area contributed by atoms with E-state index < -0.39 is 10.0 Å². The van der Waals surface area contributed by atoms with Crippen LogP contribution in [0.2, 0.25) is 0 Å². The molecule has 0 saturated carbocycles. The van der Waals surface area contributed by atoms with Gasteiger partial charge in [0.15, 0.2) is 0 Å². The Morgan fingerprint density at radius 2 is 2.05 bits per heavy atom. The van der Waals surface area contributed by atoms with Crippen LogP contribution < -0.4 is 14.8 Å². The average Bonchev–Trinajstić information content (AvgIpc) is 2.92. The summed E-state index contributed by atoms with van der Waals surface area (Å²) >= 11 is 0. The zero-order valence-corrected chi connectivity index (χ0v) is 12.0. The molecule has 6 heteroatoms. The number of ether oxygens (including phenoxy) is 1. The van der Waals surface area contributed by atoms with Gasteiger partial charge in [-0.05, 0) is 56.6 Å². The minimum absolute atomic E-state index is 0.0675. The average molecular weight is 284 g/mol. The maximum Gasteiger partial charge on any atom is 0.240 e. The fourth-order valence-corrected chi connectivity index (χ4v) is 3.58. The standard InChI is InChI=1S/C13H20N2O3S/c1-10(11-7-8-14-9-11)15-19(16,17)13-5-3-12(18-2)4-6-13/h3-6,10-11,14-15H,7-9H2,1-2H3. The molecule has 1 aromatic rings. The van der Waals surface area contributed by atoms with E-state index in [2.05, 4.69) is 10.0 Å². The van der Waals surface area contributed by atoms with Gasteiger partial charge in [-0.3, -0.25) is 0 Å². The third kappa shape index (κ3) is 3.46. The molecule has 0 spiro atoms. The molecule has 1 saturated heterocycles. The summed E-state index contributed by atoms with van der Waals surface area (Å²) in [6, 6.07) is 6.34. The lowest BCUT2D eigenvalue weighted by atomic mass is 10.0. The lowest BCUT2D eigenvalue weighted by Gasteiger charge is -2.19. The van der Waals surface area contributed by atoms with E-state index in [0.717, 1.165) is 19.5 Å². The van der Waals surface area contributed by atoms with Crippen molar-refractivity contribution in [2.45, 2.75) is 24.3 Å². The highest BCUT2D eigenvalue weighted by Crippen LogP contribution is 2.18. The topological polar surface area (TPSA) is 67.4 Å². The number of hydrogen-bond donors (Lipinski definition) is 2. The van der Waals surface area contributed by atoms with E-state index in [1.165, 1.54) is 0 Å². The molecule has 106 valence electrons. The van der Waals surface area contributed by atoms with Crippen LogP contribution in [-0.2, 0) is 10.0 Å². The van der Waals surface area contributed by atoms with Gasteiger partial charge in [-0.15, -0.1) is 0 Å². The molecule has 5 nitrogen and oxygen atoms in total. The van der Waals surface area contributed by atoms with Gasteiger partial charge in [0.05, 0.1) is 12.0 Å². The van der Waals surface area contributed by atoms with Crippen LogP contribution in [0, 0.1) is 5.92 Å². The van der Waals surface area contributed by atoms with Crippen LogP contribution in [0.15, 0.2) is 29.2 Å². The third-order valence-corrected chi connectivity index (χ3v) is 5.09. The second-order valence-corrected chi connectivity index (χ2v) is 6.55. The minimum atomic E-state index is -3.46. The molecule has 0 bridgehead atoms. The van der Waals surface area contributed by atoms with E-state index in [0.29, 0.717) is 11.7 Å². The summed E-state index contributed by atoms with van der Waals surface area (Å²) in [7, 11) is -1.90. The van der Waals surface area contributed by atoms with Crippen LogP contribution in [0.4, 0.5) is 0 Å². The maximum absolute atomic E-state index is 12.2. The van der Waals surface area contributed by atoms with Crippen molar-refractivity contribution in [1.29, 1.82) is 0 Å². The highest BCUT2D eigenvalue weighted by molar-refractivity contribution is 7.89. The lowest BCUT2D eigenvalue weighted by molar-refractivity contribution is 0.414. The number of nitrogens with one attached hydrogen (secondary N) is 2. The molecule has 0 amide bonds. The molecular weight excluding hydrogens is 264 g/mol. The number of methoxy groups -OCH3 is 1. The van der Waals surface area contributed by atoms with Crippen molar-refractivity contribution in [2.75, 3.05) is 20.2 Å². The SMILES string of the molecule is COc1ccc(S(=O)(=O)NC(C)C2CCNC2)cc1. The fraction of sp³-hybridized carbons (Fsp3) is 0.538. The van der Waals surface area contributed by atoms with Gasteiger partial charge in [-0.25, -0.2) is 13.1 Å². The monoisotopic (exact) mass is 284 g/mol. The quantitative estimate of drug-likeness (QED) is 0.845. The molecule has 0 aromatic heterocycles. The molecule has 2 rings (SSSR count). The summed E-state index contributed by atoms with van der Waals surface area (Å²) in [6.07, 6.45) is 1.01. The predicted octanol–water partition coefficient (Wildman–Crippen LogP) is 0.971. The van der Waals surface area contributed by atoms with E-state index in [1.54, 1.807) is 31.4 Å². The van der Waals surface area contributed by atoms with Gasteiger partial charge in [-0.1, -0.05) is 0 Å². The van der Waals surface area contributed by atoms with Crippen molar-refractivity contribution >= 4 is 10.0 Å². The van der Waals surface area contributed by atoms with Crippen LogP contribution in [0.25, 0.3) is 0 Å². The van der Waals surface area contributed by atoms with E-state index in [-0.39, 0.29) is 10.9 Å². The first-order valence-corrected chi connectivity index (χ1v) is 7.88. The Morgan fingerprint density at radius 1 is 1.37 bits per heavy atom. The molecule has 1 aromatic carbocycles. The zero-order valence-electron chi connectivity index (χ0n) is 11.2. The number of benzene rings is 1. The van der Waals surface area contributed by atoms with Crippen molar-refractivity contribution in [3.8, 4) is 5.75 Å². The highest BCUT2D eigenvalue weighted by Gasteiger charge is 2.25. The van der Waals surface area contributed by atoms with E-state index in [9.17, 15) is 8.42 Å². The Balaban J connectivity index is 2.08. The van der Waals surface area contributed by atoms with E-state index >= 15 is 0 Å². The van der Waals surface area contributed by atoms with Gasteiger partial charge >= 0.3 is 0 Å². The predicted molar refractivity (Wildman–Crippen MR) is 73.8 cm³/mol. The normalized spacial score (nSPS) is 21.3. The van der Waals surface area contributed by atoms with Gasteiger partial charge in [0.2, 0.25) is 10.0 Å². The minimum Gasteiger partial charge on any atom is -0.497 e. The van der Waals surface area contributed by atoms with Crippen LogP contribution in [-0.4, -0.2) is 34.7 Å². The molecule has 1 fully saturated rings. The largest absolute Gasteiger partial charge is 0.497 e. The van der Waals surface area contributed by atoms with Crippen molar-refractivity contribution in [2.24, 2.45) is 5.92 Å². The molecule has 0 radical (unpaired) electrons. The molecule has 19 heavy (non-hydrogen) atoms. The van der Waals surface area contributed by atoms with Gasteiger partial charge in [0.25, 0.3) is 0 Å². The van der Waals surface area contributed by atoms with E-state index in [4.69, 9.17) is 4.74 Å². The lowest BCUT2D eigenvalue weighted by Crippen LogP contribution is -2.38.